The highest BCUT2D eigenvalue weighted by atomic mass is 35.5. The van der Waals surface area contributed by atoms with E-state index in [1.165, 1.54) is 25.6 Å². The van der Waals surface area contributed by atoms with Crippen molar-refractivity contribution < 1.29 is 18.7 Å². The van der Waals surface area contributed by atoms with E-state index < -0.39 is 5.91 Å². The van der Waals surface area contributed by atoms with Crippen molar-refractivity contribution in [1.29, 1.82) is 0 Å². The highest BCUT2D eigenvalue weighted by molar-refractivity contribution is 7.16. The number of methoxy groups -OCH3 is 2. The standard InChI is InChI=1S/C16H14ClN3O4S/c1-22-11-5-3-9(7-12(11)23-2)15(21)18-16-20-19-14(24-16)8-10-4-6-13(17)25-10/h3-7H,8H2,1-2H3,(H,18,20,21). The van der Waals surface area contributed by atoms with Gasteiger partial charge in [-0.15, -0.1) is 16.4 Å². The molecule has 0 aliphatic carbocycles. The second kappa shape index (κ2) is 7.54. The summed E-state index contributed by atoms with van der Waals surface area (Å²) in [4.78, 5) is 13.3. The van der Waals surface area contributed by atoms with Crippen molar-refractivity contribution >= 4 is 34.9 Å². The minimum absolute atomic E-state index is 0.0254. The first-order chi connectivity index (χ1) is 12.1. The van der Waals surface area contributed by atoms with Gasteiger partial charge in [-0.2, -0.15) is 0 Å². The zero-order chi connectivity index (χ0) is 17.8. The zero-order valence-corrected chi connectivity index (χ0v) is 15.0. The molecule has 3 aromatic rings. The van der Waals surface area contributed by atoms with Crippen LogP contribution in [0.4, 0.5) is 6.01 Å². The van der Waals surface area contributed by atoms with Crippen LogP contribution in [0.15, 0.2) is 34.7 Å². The van der Waals surface area contributed by atoms with Crippen molar-refractivity contribution in [3.05, 3.63) is 51.0 Å². The van der Waals surface area contributed by atoms with Crippen LogP contribution in [-0.2, 0) is 6.42 Å². The van der Waals surface area contributed by atoms with Crippen LogP contribution >= 0.6 is 22.9 Å². The molecule has 0 aliphatic rings. The molecule has 1 amide bonds. The van der Waals surface area contributed by atoms with Crippen molar-refractivity contribution in [3.63, 3.8) is 0 Å². The number of aromatic nitrogens is 2. The first kappa shape index (κ1) is 17.2. The van der Waals surface area contributed by atoms with Crippen LogP contribution in [0, 0.1) is 0 Å². The maximum Gasteiger partial charge on any atom is 0.322 e. The number of nitrogens with zero attached hydrogens (tertiary/aromatic N) is 2. The second-order valence-corrected chi connectivity index (χ2v) is 6.71. The van der Waals surface area contributed by atoms with Crippen LogP contribution in [0.1, 0.15) is 21.1 Å². The van der Waals surface area contributed by atoms with Gasteiger partial charge in [-0.05, 0) is 30.3 Å². The number of nitrogens with one attached hydrogen (secondary N) is 1. The maximum absolute atomic E-state index is 12.3. The van der Waals surface area contributed by atoms with E-state index in [2.05, 4.69) is 15.5 Å². The number of carbonyl (C=O) groups is 1. The monoisotopic (exact) mass is 379 g/mol. The number of rotatable bonds is 6. The Bertz CT molecular complexity index is 893. The summed E-state index contributed by atoms with van der Waals surface area (Å²) in [6.45, 7) is 0. The molecule has 0 unspecified atom stereocenters. The third-order valence-electron chi connectivity index (χ3n) is 3.29. The Kier molecular flexibility index (Phi) is 5.20. The molecular weight excluding hydrogens is 366 g/mol. The summed E-state index contributed by atoms with van der Waals surface area (Å²) in [6.07, 6.45) is 0.455. The number of amides is 1. The molecule has 0 fully saturated rings. The molecule has 1 aromatic carbocycles. The van der Waals surface area contributed by atoms with Gasteiger partial charge < -0.3 is 13.9 Å². The van der Waals surface area contributed by atoms with E-state index in [1.54, 1.807) is 24.3 Å². The van der Waals surface area contributed by atoms with Crippen LogP contribution in [0.3, 0.4) is 0 Å². The second-order valence-electron chi connectivity index (χ2n) is 4.91. The van der Waals surface area contributed by atoms with E-state index in [1.807, 2.05) is 6.07 Å². The normalized spacial score (nSPS) is 10.5. The zero-order valence-electron chi connectivity index (χ0n) is 13.4. The number of halogens is 1. The average molecular weight is 380 g/mol. The van der Waals surface area contributed by atoms with Crippen LogP contribution in [0.25, 0.3) is 0 Å². The Balaban J connectivity index is 1.69. The fourth-order valence-electron chi connectivity index (χ4n) is 2.12. The Morgan fingerprint density at radius 2 is 2.00 bits per heavy atom. The number of thiophene rings is 1. The molecule has 0 radical (unpaired) electrons. The fourth-order valence-corrected chi connectivity index (χ4v) is 3.20. The Labute approximate surface area is 152 Å². The molecule has 2 aromatic heterocycles. The lowest BCUT2D eigenvalue weighted by molar-refractivity contribution is 0.102. The molecule has 2 heterocycles. The molecule has 0 spiro atoms. The predicted octanol–water partition coefficient (Wildman–Crippen LogP) is 3.64. The van der Waals surface area contributed by atoms with Gasteiger partial charge in [0.15, 0.2) is 11.5 Å². The van der Waals surface area contributed by atoms with E-state index in [0.29, 0.717) is 33.7 Å². The summed E-state index contributed by atoms with van der Waals surface area (Å²) in [5.74, 6) is 0.987. The lowest BCUT2D eigenvalue weighted by Crippen LogP contribution is -2.12. The molecule has 1 N–H and O–H groups in total. The van der Waals surface area contributed by atoms with E-state index >= 15 is 0 Å². The van der Waals surface area contributed by atoms with Crippen LogP contribution in [-0.4, -0.2) is 30.3 Å². The third kappa shape index (κ3) is 4.09. The largest absolute Gasteiger partial charge is 0.493 e. The molecule has 0 aliphatic heterocycles. The van der Waals surface area contributed by atoms with Gasteiger partial charge in [0, 0.05) is 10.4 Å². The molecular formula is C16H14ClN3O4S. The van der Waals surface area contributed by atoms with E-state index in [-0.39, 0.29) is 6.01 Å². The molecule has 0 atom stereocenters. The molecule has 7 nitrogen and oxygen atoms in total. The van der Waals surface area contributed by atoms with Crippen molar-refractivity contribution in [1.82, 2.24) is 10.2 Å². The van der Waals surface area contributed by atoms with Gasteiger partial charge in [0.25, 0.3) is 5.91 Å². The molecule has 3 rings (SSSR count). The van der Waals surface area contributed by atoms with Gasteiger partial charge in [0.1, 0.15) is 0 Å². The summed E-state index contributed by atoms with van der Waals surface area (Å²) >= 11 is 7.33. The van der Waals surface area contributed by atoms with E-state index in [9.17, 15) is 4.79 Å². The van der Waals surface area contributed by atoms with E-state index in [4.69, 9.17) is 25.5 Å². The van der Waals surface area contributed by atoms with Gasteiger partial charge in [-0.3, -0.25) is 10.1 Å². The Morgan fingerprint density at radius 1 is 1.20 bits per heavy atom. The van der Waals surface area contributed by atoms with Crippen LogP contribution in [0.2, 0.25) is 4.34 Å². The molecule has 130 valence electrons. The first-order valence-electron chi connectivity index (χ1n) is 7.19. The number of anilines is 1. The summed E-state index contributed by atoms with van der Waals surface area (Å²) < 4.78 is 16.5. The van der Waals surface area contributed by atoms with Crippen LogP contribution < -0.4 is 14.8 Å². The molecule has 25 heavy (non-hydrogen) atoms. The molecule has 0 bridgehead atoms. The van der Waals surface area contributed by atoms with Crippen molar-refractivity contribution in [2.75, 3.05) is 19.5 Å². The highest BCUT2D eigenvalue weighted by Crippen LogP contribution is 2.28. The minimum Gasteiger partial charge on any atom is -0.493 e. The Hall–Kier alpha value is -2.58. The summed E-state index contributed by atoms with van der Waals surface area (Å²) in [5, 5.41) is 10.3. The van der Waals surface area contributed by atoms with Crippen molar-refractivity contribution in [3.8, 4) is 11.5 Å². The van der Waals surface area contributed by atoms with Gasteiger partial charge in [0.05, 0.1) is 25.0 Å². The van der Waals surface area contributed by atoms with Crippen molar-refractivity contribution in [2.45, 2.75) is 6.42 Å². The lowest BCUT2D eigenvalue weighted by atomic mass is 10.2. The summed E-state index contributed by atoms with van der Waals surface area (Å²) in [6, 6.07) is 8.54. The molecule has 0 saturated carbocycles. The number of ether oxygens (including phenoxy) is 2. The maximum atomic E-state index is 12.3. The SMILES string of the molecule is COc1ccc(C(=O)Nc2nnc(Cc3ccc(Cl)s3)o2)cc1OC. The average Bonchev–Trinajstić information content (AvgIpc) is 3.23. The van der Waals surface area contributed by atoms with Gasteiger partial charge in [-0.1, -0.05) is 16.7 Å². The topological polar surface area (TPSA) is 86.5 Å². The molecule has 0 saturated heterocycles. The summed E-state index contributed by atoms with van der Waals surface area (Å²) in [7, 11) is 3.03. The number of carbonyl (C=O) groups excluding carboxylic acids is 1. The highest BCUT2D eigenvalue weighted by Gasteiger charge is 2.15. The quantitative estimate of drug-likeness (QED) is 0.703. The smallest absolute Gasteiger partial charge is 0.322 e. The fraction of sp³-hybridized carbons (Fsp3) is 0.188. The number of hydrogen-bond donors (Lipinski definition) is 1. The predicted molar refractivity (Wildman–Crippen MR) is 93.9 cm³/mol. The van der Waals surface area contributed by atoms with Gasteiger partial charge >= 0.3 is 6.01 Å². The first-order valence-corrected chi connectivity index (χ1v) is 8.38. The lowest BCUT2D eigenvalue weighted by Gasteiger charge is -2.08. The van der Waals surface area contributed by atoms with Gasteiger partial charge in [0.2, 0.25) is 5.89 Å². The molecule has 9 heteroatoms. The van der Waals surface area contributed by atoms with Crippen molar-refractivity contribution in [2.24, 2.45) is 0 Å². The van der Waals surface area contributed by atoms with Gasteiger partial charge in [-0.25, -0.2) is 0 Å². The number of benzene rings is 1. The Morgan fingerprint density at radius 3 is 2.68 bits per heavy atom. The summed E-state index contributed by atoms with van der Waals surface area (Å²) in [5.41, 5.74) is 0.377. The third-order valence-corrected chi connectivity index (χ3v) is 4.52. The van der Waals surface area contributed by atoms with E-state index in [0.717, 1.165) is 4.88 Å². The minimum atomic E-state index is -0.393. The van der Waals surface area contributed by atoms with Crippen LogP contribution in [0.5, 0.6) is 11.5 Å². The number of hydrogen-bond acceptors (Lipinski definition) is 7.